The number of hydrogen-bond acceptors (Lipinski definition) is 5. The van der Waals surface area contributed by atoms with Crippen molar-refractivity contribution in [3.63, 3.8) is 0 Å². The van der Waals surface area contributed by atoms with E-state index in [4.69, 9.17) is 14.1 Å². The van der Waals surface area contributed by atoms with E-state index in [9.17, 15) is 0 Å². The molecule has 1 unspecified atom stereocenters. The molecule has 0 spiro atoms. The normalized spacial score (nSPS) is 11.8. The van der Waals surface area contributed by atoms with Crippen LogP contribution in [-0.2, 0) is 14.1 Å². The molecular weight excluding hydrogens is 389 g/mol. The maximum atomic E-state index is 5.45. The predicted molar refractivity (Wildman–Crippen MR) is 129 cm³/mol. The van der Waals surface area contributed by atoms with E-state index < -0.39 is 9.03 Å². The first-order valence-electron chi connectivity index (χ1n) is 11.9. The van der Waals surface area contributed by atoms with Gasteiger partial charge in [0.25, 0.3) is 9.03 Å². The molecule has 0 bridgehead atoms. The number of thioether (sulfide) groups is 1. The average molecular weight is 439 g/mol. The van der Waals surface area contributed by atoms with E-state index in [0.29, 0.717) is 6.61 Å². The molecule has 1 atom stereocenters. The summed E-state index contributed by atoms with van der Waals surface area (Å²) in [7, 11) is 1.42. The number of nitrogens with one attached hydrogen (secondary N) is 1. The van der Waals surface area contributed by atoms with Crippen LogP contribution in [0.1, 0.15) is 103 Å². The quantitative estimate of drug-likeness (QED) is 0.0718. The van der Waals surface area contributed by atoms with Gasteiger partial charge in [0.15, 0.2) is 0 Å². The van der Waals surface area contributed by atoms with Crippen LogP contribution in [0.3, 0.4) is 0 Å². The van der Waals surface area contributed by atoms with Crippen LogP contribution in [0.2, 0.25) is 0 Å². The minimum Gasteiger partial charge on any atom is -0.317 e. The molecule has 4 nitrogen and oxygen atoms in total. The second-order valence-corrected chi connectivity index (χ2v) is 9.49. The summed E-state index contributed by atoms with van der Waals surface area (Å²) in [5, 5.41) is 2.99. The Morgan fingerprint density at radius 1 is 0.679 bits per heavy atom. The molecule has 0 radical (unpaired) electrons. The fraction of sp³-hybridized carbons (Fsp3) is 1.00. The molecular formula is C22H49NO3PS+. The average Bonchev–Trinajstić information content (AvgIpc) is 2.71. The molecule has 1 N–H and O–H groups in total. The van der Waals surface area contributed by atoms with Crippen molar-refractivity contribution in [2.75, 3.05) is 38.3 Å². The zero-order valence-electron chi connectivity index (χ0n) is 18.9. The molecule has 170 valence electrons. The van der Waals surface area contributed by atoms with E-state index in [-0.39, 0.29) is 0 Å². The fourth-order valence-electron chi connectivity index (χ4n) is 3.04. The number of likely N-dealkylation sites (N-methyl/N-ethyl adjacent to an activating group) is 1. The number of hydrogen-bond donors (Lipinski definition) is 1. The Kier molecular flexibility index (Phi) is 28.2. The first-order valence-corrected chi connectivity index (χ1v) is 14.0. The molecule has 0 aromatic carbocycles. The van der Waals surface area contributed by atoms with Crippen molar-refractivity contribution in [2.45, 2.75) is 103 Å². The molecule has 0 saturated heterocycles. The van der Waals surface area contributed by atoms with Gasteiger partial charge in [-0.1, -0.05) is 95.1 Å². The molecule has 0 rings (SSSR count). The molecule has 0 aliphatic carbocycles. The highest BCUT2D eigenvalue weighted by Crippen LogP contribution is 2.16. The smallest absolute Gasteiger partial charge is 0.292 e. The van der Waals surface area contributed by atoms with Gasteiger partial charge < -0.3 is 5.32 Å². The van der Waals surface area contributed by atoms with Gasteiger partial charge in [0.05, 0.1) is 13.2 Å². The van der Waals surface area contributed by atoms with E-state index in [0.717, 1.165) is 19.6 Å². The van der Waals surface area contributed by atoms with Crippen LogP contribution in [0.15, 0.2) is 0 Å². The van der Waals surface area contributed by atoms with Crippen LogP contribution in [0.25, 0.3) is 0 Å². The van der Waals surface area contributed by atoms with Crippen LogP contribution in [0.4, 0.5) is 0 Å². The van der Waals surface area contributed by atoms with Crippen LogP contribution < -0.4 is 5.32 Å². The van der Waals surface area contributed by atoms with Crippen molar-refractivity contribution in [2.24, 2.45) is 0 Å². The third-order valence-electron chi connectivity index (χ3n) is 4.80. The van der Waals surface area contributed by atoms with Crippen molar-refractivity contribution in [1.29, 1.82) is 0 Å². The minimum atomic E-state index is -0.475. The largest absolute Gasteiger partial charge is 0.317 e. The summed E-state index contributed by atoms with van der Waals surface area (Å²) in [4.78, 5) is 4.96. The number of unbranched alkanes of at least 4 members (excludes halogenated alkanes) is 13. The Bertz CT molecular complexity index is 250. The predicted octanol–water partition coefficient (Wildman–Crippen LogP) is 7.02. The van der Waals surface area contributed by atoms with E-state index in [1.54, 1.807) is 0 Å². The Labute approximate surface area is 181 Å². The highest BCUT2D eigenvalue weighted by Gasteiger charge is 1.98. The van der Waals surface area contributed by atoms with Gasteiger partial charge in [0, 0.05) is 6.54 Å². The summed E-state index contributed by atoms with van der Waals surface area (Å²) in [6.07, 6.45) is 21.2. The van der Waals surface area contributed by atoms with Crippen molar-refractivity contribution < 1.29 is 14.1 Å². The molecule has 0 fully saturated rings. The van der Waals surface area contributed by atoms with E-state index in [1.165, 1.54) is 101 Å². The molecule has 0 aromatic rings. The standard InChI is InChI=1S/C22H49NO3PS/c1-3-4-5-6-7-8-9-10-11-12-13-14-15-16-21-28-22-17-19-25-27-26-24-20-18-23-2/h23H,3-22,27H2,1-2H3/q+1. The van der Waals surface area contributed by atoms with E-state index >= 15 is 0 Å². The minimum absolute atomic E-state index is 0.475. The van der Waals surface area contributed by atoms with Gasteiger partial charge in [-0.2, -0.15) is 16.6 Å². The van der Waals surface area contributed by atoms with Gasteiger partial charge in [-0.15, -0.1) is 0 Å². The van der Waals surface area contributed by atoms with Crippen LogP contribution in [0, 0.1) is 0 Å². The van der Waals surface area contributed by atoms with Gasteiger partial charge in [0.1, 0.15) is 0 Å². The second kappa shape index (κ2) is 27.6. The van der Waals surface area contributed by atoms with Crippen molar-refractivity contribution in [1.82, 2.24) is 5.32 Å². The summed E-state index contributed by atoms with van der Waals surface area (Å²) >= 11 is 2.06. The Hall–Kier alpha value is 0.620. The van der Waals surface area contributed by atoms with Crippen LogP contribution >= 0.6 is 20.8 Å². The lowest BCUT2D eigenvalue weighted by atomic mass is 10.0. The zero-order chi connectivity index (χ0) is 20.4. The molecule has 0 aromatic heterocycles. The lowest BCUT2D eigenvalue weighted by Gasteiger charge is -2.03. The summed E-state index contributed by atoms with van der Waals surface area (Å²) in [5.41, 5.74) is 0. The molecule has 28 heavy (non-hydrogen) atoms. The molecule has 0 aliphatic rings. The molecule has 0 heterocycles. The van der Waals surface area contributed by atoms with Crippen molar-refractivity contribution in [3.05, 3.63) is 0 Å². The SMILES string of the molecule is CCCCCCCCCCCCCCCCSCCCO[PH2+]OOCCNC. The first-order chi connectivity index (χ1) is 13.9. The summed E-state index contributed by atoms with van der Waals surface area (Å²) in [6.45, 7) is 4.45. The van der Waals surface area contributed by atoms with Gasteiger partial charge in [-0.3, -0.25) is 0 Å². The molecule has 0 aliphatic heterocycles. The maximum absolute atomic E-state index is 5.45. The van der Waals surface area contributed by atoms with Gasteiger partial charge in [-0.05, 0) is 31.4 Å². The van der Waals surface area contributed by atoms with E-state index in [2.05, 4.69) is 24.0 Å². The second-order valence-electron chi connectivity index (χ2n) is 7.55. The highest BCUT2D eigenvalue weighted by atomic mass is 32.2. The maximum Gasteiger partial charge on any atom is 0.292 e. The third-order valence-corrected chi connectivity index (χ3v) is 6.54. The van der Waals surface area contributed by atoms with Crippen LogP contribution in [0.5, 0.6) is 0 Å². The van der Waals surface area contributed by atoms with Gasteiger partial charge in [-0.25, -0.2) is 4.52 Å². The fourth-order valence-corrected chi connectivity index (χ4v) is 4.45. The summed E-state index contributed by atoms with van der Waals surface area (Å²) in [6, 6.07) is 0. The topological polar surface area (TPSA) is 39.7 Å². The lowest BCUT2D eigenvalue weighted by molar-refractivity contribution is -0.200. The Balaban J connectivity index is 2.96. The van der Waals surface area contributed by atoms with Crippen molar-refractivity contribution >= 4 is 20.8 Å². The summed E-state index contributed by atoms with van der Waals surface area (Å²) < 4.78 is 10.4. The zero-order valence-corrected chi connectivity index (χ0v) is 20.8. The summed E-state index contributed by atoms with van der Waals surface area (Å²) in [5.74, 6) is 2.49. The third kappa shape index (κ3) is 26.6. The highest BCUT2D eigenvalue weighted by molar-refractivity contribution is 7.99. The first kappa shape index (κ1) is 28.6. The Morgan fingerprint density at radius 2 is 1.21 bits per heavy atom. The van der Waals surface area contributed by atoms with Crippen molar-refractivity contribution in [3.8, 4) is 0 Å². The molecule has 6 heteroatoms. The monoisotopic (exact) mass is 438 g/mol. The van der Waals surface area contributed by atoms with E-state index in [1.807, 2.05) is 7.05 Å². The molecule has 0 saturated carbocycles. The lowest BCUT2D eigenvalue weighted by Crippen LogP contribution is -2.13. The number of rotatable bonds is 25. The molecule has 0 amide bonds. The van der Waals surface area contributed by atoms with Gasteiger partial charge in [0.2, 0.25) is 0 Å². The Morgan fingerprint density at radius 3 is 1.79 bits per heavy atom. The van der Waals surface area contributed by atoms with Gasteiger partial charge >= 0.3 is 0 Å². The van der Waals surface area contributed by atoms with Crippen LogP contribution in [-0.4, -0.2) is 38.3 Å².